The number of amides is 1. The molecule has 3 rings (SSSR count). The Morgan fingerprint density at radius 2 is 2.04 bits per heavy atom. The van der Waals surface area contributed by atoms with Gasteiger partial charge in [0.2, 0.25) is 0 Å². The summed E-state index contributed by atoms with van der Waals surface area (Å²) in [6.45, 7) is 9.02. The van der Waals surface area contributed by atoms with Crippen LogP contribution in [0.4, 0.5) is 4.79 Å². The lowest BCUT2D eigenvalue weighted by atomic mass is 10.2. The van der Waals surface area contributed by atoms with Crippen molar-refractivity contribution in [1.82, 2.24) is 19.4 Å². The number of hydrogen-bond acceptors (Lipinski definition) is 5. The van der Waals surface area contributed by atoms with Crippen molar-refractivity contribution >= 4 is 28.0 Å². The second-order valence-corrected chi connectivity index (χ2v) is 7.76. The van der Waals surface area contributed by atoms with E-state index in [2.05, 4.69) is 4.98 Å². The SMILES string of the molecule is CCN(Cc1nc2c3ccccc3ncc2n1CCCO)C(=O)OC(C)(C)C. The summed E-state index contributed by atoms with van der Waals surface area (Å²) in [5, 5.41) is 10.3. The van der Waals surface area contributed by atoms with Gasteiger partial charge in [-0.1, -0.05) is 18.2 Å². The van der Waals surface area contributed by atoms with Crippen LogP contribution in [0.25, 0.3) is 21.9 Å². The lowest BCUT2D eigenvalue weighted by molar-refractivity contribution is 0.0238. The van der Waals surface area contributed by atoms with Crippen LogP contribution < -0.4 is 0 Å². The molecule has 7 nitrogen and oxygen atoms in total. The quantitative estimate of drug-likeness (QED) is 0.700. The molecular formula is C21H28N4O3. The van der Waals surface area contributed by atoms with Crippen molar-refractivity contribution in [3.63, 3.8) is 0 Å². The Morgan fingerprint density at radius 3 is 2.71 bits per heavy atom. The molecule has 0 radical (unpaired) electrons. The number of carbonyl (C=O) groups is 1. The monoisotopic (exact) mass is 384 g/mol. The molecule has 0 spiro atoms. The molecule has 0 fully saturated rings. The lowest BCUT2D eigenvalue weighted by Crippen LogP contribution is -2.37. The van der Waals surface area contributed by atoms with Crippen molar-refractivity contribution in [2.75, 3.05) is 13.2 Å². The molecule has 28 heavy (non-hydrogen) atoms. The van der Waals surface area contributed by atoms with Crippen LogP contribution in [0.15, 0.2) is 30.5 Å². The van der Waals surface area contributed by atoms with Gasteiger partial charge in [-0.3, -0.25) is 4.98 Å². The van der Waals surface area contributed by atoms with Crippen molar-refractivity contribution in [3.8, 4) is 0 Å². The minimum absolute atomic E-state index is 0.0870. The van der Waals surface area contributed by atoms with Crippen LogP contribution in [0.1, 0.15) is 39.9 Å². The van der Waals surface area contributed by atoms with Gasteiger partial charge in [-0.15, -0.1) is 0 Å². The Morgan fingerprint density at radius 1 is 1.29 bits per heavy atom. The van der Waals surface area contributed by atoms with Crippen LogP contribution in [-0.2, 0) is 17.8 Å². The third kappa shape index (κ3) is 4.25. The van der Waals surface area contributed by atoms with Gasteiger partial charge in [0, 0.05) is 25.1 Å². The Bertz CT molecular complexity index is 975. The molecule has 150 valence electrons. The summed E-state index contributed by atoms with van der Waals surface area (Å²) in [4.78, 5) is 23.6. The molecule has 0 aliphatic carbocycles. The number of aromatic nitrogens is 3. The summed E-state index contributed by atoms with van der Waals surface area (Å²) in [7, 11) is 0. The standard InChI is InChI=1S/C21H28N4O3/c1-5-24(20(27)28-21(2,3)4)14-18-23-19-15-9-6-7-10-16(15)22-13-17(19)25(18)11-8-12-26/h6-7,9-10,13,26H,5,8,11-12,14H2,1-4H3. The highest BCUT2D eigenvalue weighted by Gasteiger charge is 2.23. The smallest absolute Gasteiger partial charge is 0.410 e. The van der Waals surface area contributed by atoms with Crippen LogP contribution in [0.2, 0.25) is 0 Å². The average Bonchev–Trinajstić information content (AvgIpc) is 3.00. The van der Waals surface area contributed by atoms with Gasteiger partial charge in [-0.25, -0.2) is 9.78 Å². The summed E-state index contributed by atoms with van der Waals surface area (Å²) in [5.41, 5.74) is 2.09. The zero-order valence-corrected chi connectivity index (χ0v) is 17.0. The number of benzene rings is 1. The van der Waals surface area contributed by atoms with Gasteiger partial charge in [0.05, 0.1) is 29.3 Å². The number of para-hydroxylation sites is 1. The molecule has 0 unspecified atom stereocenters. The highest BCUT2D eigenvalue weighted by Crippen LogP contribution is 2.25. The first kappa shape index (κ1) is 20.1. The van der Waals surface area contributed by atoms with Gasteiger partial charge < -0.3 is 19.3 Å². The summed E-state index contributed by atoms with van der Waals surface area (Å²) in [6, 6.07) is 7.88. The van der Waals surface area contributed by atoms with E-state index in [0.29, 0.717) is 26.1 Å². The fraction of sp³-hybridized carbons (Fsp3) is 0.476. The normalized spacial score (nSPS) is 11.9. The van der Waals surface area contributed by atoms with Crippen molar-refractivity contribution in [2.45, 2.75) is 52.8 Å². The highest BCUT2D eigenvalue weighted by molar-refractivity contribution is 6.02. The van der Waals surface area contributed by atoms with Crippen LogP contribution in [0.3, 0.4) is 0 Å². The molecule has 1 amide bonds. The van der Waals surface area contributed by atoms with Crippen LogP contribution in [0.5, 0.6) is 0 Å². The molecule has 0 aliphatic rings. The summed E-state index contributed by atoms with van der Waals surface area (Å²) < 4.78 is 7.57. The van der Waals surface area contributed by atoms with Crippen molar-refractivity contribution in [1.29, 1.82) is 0 Å². The topological polar surface area (TPSA) is 80.5 Å². The number of carbonyl (C=O) groups excluding carboxylic acids is 1. The van der Waals surface area contributed by atoms with E-state index >= 15 is 0 Å². The van der Waals surface area contributed by atoms with Gasteiger partial charge in [0.1, 0.15) is 11.4 Å². The second kappa shape index (κ2) is 8.14. The molecule has 0 aliphatic heterocycles. The first-order valence-corrected chi connectivity index (χ1v) is 9.65. The number of nitrogens with zero attached hydrogens (tertiary/aromatic N) is 4. The molecule has 2 aromatic heterocycles. The molecule has 2 heterocycles. The number of pyridine rings is 1. The minimum atomic E-state index is -0.554. The second-order valence-electron chi connectivity index (χ2n) is 7.76. The fourth-order valence-corrected chi connectivity index (χ4v) is 3.16. The predicted molar refractivity (Wildman–Crippen MR) is 109 cm³/mol. The predicted octanol–water partition coefficient (Wildman–Crippen LogP) is 3.72. The number of aryl methyl sites for hydroxylation is 1. The number of imidazole rings is 1. The van der Waals surface area contributed by atoms with E-state index in [1.165, 1.54) is 0 Å². The van der Waals surface area contributed by atoms with E-state index in [9.17, 15) is 9.90 Å². The maximum atomic E-state index is 12.6. The summed E-state index contributed by atoms with van der Waals surface area (Å²) >= 11 is 0. The maximum absolute atomic E-state index is 12.6. The number of aliphatic hydroxyl groups is 1. The lowest BCUT2D eigenvalue weighted by Gasteiger charge is -2.26. The largest absolute Gasteiger partial charge is 0.444 e. The number of fused-ring (bicyclic) bond motifs is 3. The number of rotatable bonds is 6. The average molecular weight is 384 g/mol. The first-order valence-electron chi connectivity index (χ1n) is 9.65. The maximum Gasteiger partial charge on any atom is 0.410 e. The molecule has 1 N–H and O–H groups in total. The number of ether oxygens (including phenoxy) is 1. The van der Waals surface area contributed by atoms with E-state index in [4.69, 9.17) is 9.72 Å². The third-order valence-corrected chi connectivity index (χ3v) is 4.48. The zero-order valence-electron chi connectivity index (χ0n) is 17.0. The Kier molecular flexibility index (Phi) is 5.84. The molecule has 0 bridgehead atoms. The van der Waals surface area contributed by atoms with E-state index in [-0.39, 0.29) is 12.7 Å². The third-order valence-electron chi connectivity index (χ3n) is 4.48. The van der Waals surface area contributed by atoms with Crippen LogP contribution in [-0.4, -0.2) is 49.4 Å². The Hall–Kier alpha value is -2.67. The summed E-state index contributed by atoms with van der Waals surface area (Å²) in [6.07, 6.45) is 2.05. The van der Waals surface area contributed by atoms with Gasteiger partial charge in [0.15, 0.2) is 0 Å². The summed E-state index contributed by atoms with van der Waals surface area (Å²) in [5.74, 6) is 0.759. The Labute approximate surface area is 164 Å². The molecule has 7 heteroatoms. The van der Waals surface area contributed by atoms with E-state index in [1.54, 1.807) is 4.90 Å². The Balaban J connectivity index is 2.03. The molecule has 0 saturated carbocycles. The first-order chi connectivity index (χ1) is 13.3. The molecule has 1 aromatic carbocycles. The van der Waals surface area contributed by atoms with Gasteiger partial charge in [-0.05, 0) is 40.2 Å². The van der Waals surface area contributed by atoms with Crippen molar-refractivity contribution in [2.24, 2.45) is 0 Å². The molecule has 0 saturated heterocycles. The number of aliphatic hydroxyl groups excluding tert-OH is 1. The van der Waals surface area contributed by atoms with E-state index < -0.39 is 5.60 Å². The van der Waals surface area contributed by atoms with E-state index in [1.807, 2.05) is 62.7 Å². The van der Waals surface area contributed by atoms with Gasteiger partial charge in [0.25, 0.3) is 0 Å². The van der Waals surface area contributed by atoms with Crippen molar-refractivity contribution in [3.05, 3.63) is 36.3 Å². The van der Waals surface area contributed by atoms with Gasteiger partial charge >= 0.3 is 6.09 Å². The minimum Gasteiger partial charge on any atom is -0.444 e. The zero-order chi connectivity index (χ0) is 20.3. The van der Waals surface area contributed by atoms with Crippen molar-refractivity contribution < 1.29 is 14.6 Å². The number of hydrogen-bond donors (Lipinski definition) is 1. The fourth-order valence-electron chi connectivity index (χ4n) is 3.16. The molecular weight excluding hydrogens is 356 g/mol. The van der Waals surface area contributed by atoms with E-state index in [0.717, 1.165) is 27.8 Å². The van der Waals surface area contributed by atoms with Crippen LogP contribution >= 0.6 is 0 Å². The molecule has 3 aromatic rings. The van der Waals surface area contributed by atoms with Gasteiger partial charge in [-0.2, -0.15) is 0 Å². The molecule has 0 atom stereocenters. The van der Waals surface area contributed by atoms with Crippen LogP contribution in [0, 0.1) is 0 Å². The highest BCUT2D eigenvalue weighted by atomic mass is 16.6.